The highest BCUT2D eigenvalue weighted by molar-refractivity contribution is 7.85. The van der Waals surface area contributed by atoms with E-state index in [-0.39, 0.29) is 28.3 Å². The lowest BCUT2D eigenvalue weighted by Gasteiger charge is -2.44. The number of ether oxygens (including phenoxy) is 1. The molecule has 10 heteroatoms. The fourth-order valence-electron chi connectivity index (χ4n) is 3.77. The SMILES string of the molecule is O=C(NS(=O)(=O)Oc1cccc(Cl)c1Cl)OC[C@@H]1CCCN2CCCCC12. The number of carbonyl (C=O) groups is 1. The van der Waals surface area contributed by atoms with Gasteiger partial charge in [-0.15, -0.1) is 0 Å². The van der Waals surface area contributed by atoms with E-state index in [1.54, 1.807) is 4.72 Å². The van der Waals surface area contributed by atoms with E-state index in [9.17, 15) is 13.2 Å². The highest BCUT2D eigenvalue weighted by atomic mass is 35.5. The third-order valence-electron chi connectivity index (χ3n) is 4.98. The molecule has 2 aliphatic rings. The van der Waals surface area contributed by atoms with E-state index in [4.69, 9.17) is 32.1 Å². The van der Waals surface area contributed by atoms with Crippen molar-refractivity contribution < 1.29 is 22.1 Å². The number of halogens is 2. The Bertz CT molecular complexity index is 788. The molecule has 1 aromatic rings. The smallest absolute Gasteiger partial charge is 0.423 e. The summed E-state index contributed by atoms with van der Waals surface area (Å²) in [5, 5.41) is 0.0822. The Hall–Kier alpha value is -1.22. The highest BCUT2D eigenvalue weighted by Gasteiger charge is 2.34. The first-order valence-electron chi connectivity index (χ1n) is 8.93. The van der Waals surface area contributed by atoms with Crippen molar-refractivity contribution in [1.29, 1.82) is 0 Å². The Morgan fingerprint density at radius 3 is 2.78 bits per heavy atom. The van der Waals surface area contributed by atoms with Crippen LogP contribution in [0.1, 0.15) is 32.1 Å². The minimum Gasteiger partial charge on any atom is -0.448 e. The summed E-state index contributed by atoms with van der Waals surface area (Å²) in [4.78, 5) is 14.4. The number of carbonyl (C=O) groups excluding carboxylic acids is 1. The van der Waals surface area contributed by atoms with Crippen molar-refractivity contribution in [2.24, 2.45) is 5.92 Å². The standard InChI is InChI=1S/C17H22Cl2N2O5S/c18-13-6-3-8-15(16(13)19)26-27(23,24)20-17(22)25-11-12-5-4-10-21-9-2-1-7-14(12)21/h3,6,8,12,14H,1-2,4-5,7,9-11H2,(H,20,22)/t12-,14?/m0/s1. The number of hydrogen-bond donors (Lipinski definition) is 1. The Morgan fingerprint density at radius 1 is 1.19 bits per heavy atom. The van der Waals surface area contributed by atoms with E-state index >= 15 is 0 Å². The Morgan fingerprint density at radius 2 is 1.96 bits per heavy atom. The van der Waals surface area contributed by atoms with Gasteiger partial charge in [-0.1, -0.05) is 35.7 Å². The Labute approximate surface area is 169 Å². The van der Waals surface area contributed by atoms with E-state index < -0.39 is 16.4 Å². The maximum atomic E-state index is 12.0. The molecule has 27 heavy (non-hydrogen) atoms. The number of hydrogen-bond acceptors (Lipinski definition) is 6. The van der Waals surface area contributed by atoms with Gasteiger partial charge in [0, 0.05) is 12.0 Å². The van der Waals surface area contributed by atoms with Crippen molar-refractivity contribution in [1.82, 2.24) is 9.62 Å². The quantitative estimate of drug-likeness (QED) is 0.758. The number of amides is 1. The van der Waals surface area contributed by atoms with Crippen LogP contribution in [0.15, 0.2) is 18.2 Å². The normalized spacial score (nSPS) is 23.3. The van der Waals surface area contributed by atoms with Gasteiger partial charge in [-0.2, -0.15) is 13.1 Å². The van der Waals surface area contributed by atoms with E-state index in [2.05, 4.69) is 4.90 Å². The van der Waals surface area contributed by atoms with Crippen molar-refractivity contribution in [3.05, 3.63) is 28.2 Å². The third kappa shape index (κ3) is 5.40. The van der Waals surface area contributed by atoms with Crippen LogP contribution in [0.25, 0.3) is 0 Å². The van der Waals surface area contributed by atoms with Crippen LogP contribution >= 0.6 is 23.2 Å². The van der Waals surface area contributed by atoms with Gasteiger partial charge in [0.2, 0.25) is 0 Å². The molecule has 7 nitrogen and oxygen atoms in total. The maximum Gasteiger partial charge on any atom is 0.423 e. The maximum absolute atomic E-state index is 12.0. The average molecular weight is 437 g/mol. The number of nitrogens with zero attached hydrogens (tertiary/aromatic N) is 1. The van der Waals surface area contributed by atoms with Gasteiger partial charge in [-0.3, -0.25) is 4.90 Å². The molecular formula is C17H22Cl2N2O5S. The minimum absolute atomic E-state index is 0.0579. The second-order valence-electron chi connectivity index (χ2n) is 6.79. The average Bonchev–Trinajstić information content (AvgIpc) is 2.63. The molecule has 2 saturated heterocycles. The molecule has 0 aromatic heterocycles. The zero-order valence-electron chi connectivity index (χ0n) is 14.7. The molecule has 0 spiro atoms. The fraction of sp³-hybridized carbons (Fsp3) is 0.588. The molecule has 0 bridgehead atoms. The topological polar surface area (TPSA) is 84.9 Å². The summed E-state index contributed by atoms with van der Waals surface area (Å²) in [5.74, 6) is 0.0467. The number of fused-ring (bicyclic) bond motifs is 1. The summed E-state index contributed by atoms with van der Waals surface area (Å²) in [6.45, 7) is 2.34. The van der Waals surface area contributed by atoms with Gasteiger partial charge in [0.05, 0.1) is 11.6 Å². The monoisotopic (exact) mass is 436 g/mol. The predicted octanol–water partition coefficient (Wildman–Crippen LogP) is 3.61. The molecule has 1 N–H and O–H groups in total. The van der Waals surface area contributed by atoms with Gasteiger partial charge in [0.15, 0.2) is 5.75 Å². The third-order valence-corrected chi connectivity index (χ3v) is 6.60. The number of benzene rings is 1. The summed E-state index contributed by atoms with van der Waals surface area (Å²) in [5.41, 5.74) is 0. The van der Waals surface area contributed by atoms with Crippen molar-refractivity contribution in [3.8, 4) is 5.75 Å². The molecule has 1 aromatic carbocycles. The van der Waals surface area contributed by atoms with Crippen LogP contribution in [0.4, 0.5) is 4.79 Å². The summed E-state index contributed by atoms with van der Waals surface area (Å²) in [6, 6.07) is 4.71. The number of nitrogens with one attached hydrogen (secondary N) is 1. The van der Waals surface area contributed by atoms with Crippen LogP contribution in [-0.2, 0) is 15.0 Å². The summed E-state index contributed by atoms with van der Waals surface area (Å²) in [6.07, 6.45) is 4.42. The molecule has 3 rings (SSSR count). The molecular weight excluding hydrogens is 415 g/mol. The molecule has 2 heterocycles. The van der Waals surface area contributed by atoms with E-state index in [0.717, 1.165) is 32.4 Å². The Kier molecular flexibility index (Phi) is 6.73. The Balaban J connectivity index is 1.53. The van der Waals surface area contributed by atoms with Crippen LogP contribution in [0, 0.1) is 5.92 Å². The molecule has 2 aliphatic heterocycles. The van der Waals surface area contributed by atoms with Gasteiger partial charge < -0.3 is 8.92 Å². The summed E-state index contributed by atoms with van der Waals surface area (Å²) < 4.78 is 35.7. The minimum atomic E-state index is -4.43. The van der Waals surface area contributed by atoms with Gasteiger partial charge in [0.25, 0.3) is 0 Å². The first kappa shape index (κ1) is 20.5. The van der Waals surface area contributed by atoms with Crippen molar-refractivity contribution in [3.63, 3.8) is 0 Å². The lowest BCUT2D eigenvalue weighted by molar-refractivity contribution is 0.0244. The number of piperidine rings is 2. The molecule has 0 saturated carbocycles. The van der Waals surface area contributed by atoms with Crippen LogP contribution in [0.3, 0.4) is 0 Å². The van der Waals surface area contributed by atoms with E-state index in [0.29, 0.717) is 6.04 Å². The van der Waals surface area contributed by atoms with E-state index in [1.165, 1.54) is 31.0 Å². The summed E-state index contributed by atoms with van der Waals surface area (Å²) in [7, 11) is -4.43. The van der Waals surface area contributed by atoms with Gasteiger partial charge in [0.1, 0.15) is 5.02 Å². The molecule has 2 atom stereocenters. The zero-order chi connectivity index (χ0) is 19.4. The second kappa shape index (κ2) is 8.86. The number of rotatable bonds is 5. The molecule has 0 radical (unpaired) electrons. The molecule has 1 amide bonds. The van der Waals surface area contributed by atoms with Crippen molar-refractivity contribution in [2.45, 2.75) is 38.1 Å². The highest BCUT2D eigenvalue weighted by Crippen LogP contribution is 2.32. The molecule has 150 valence electrons. The van der Waals surface area contributed by atoms with Crippen molar-refractivity contribution in [2.75, 3.05) is 19.7 Å². The van der Waals surface area contributed by atoms with Crippen molar-refractivity contribution >= 4 is 39.6 Å². The predicted molar refractivity (Wildman–Crippen MR) is 102 cm³/mol. The van der Waals surface area contributed by atoms with Gasteiger partial charge in [-0.05, 0) is 50.9 Å². The van der Waals surface area contributed by atoms with Crippen LogP contribution in [0.2, 0.25) is 10.0 Å². The van der Waals surface area contributed by atoms with Crippen LogP contribution < -0.4 is 8.91 Å². The van der Waals surface area contributed by atoms with Gasteiger partial charge >= 0.3 is 16.4 Å². The first-order chi connectivity index (χ1) is 12.9. The lowest BCUT2D eigenvalue weighted by atomic mass is 9.84. The second-order valence-corrected chi connectivity index (χ2v) is 8.86. The largest absolute Gasteiger partial charge is 0.448 e. The van der Waals surface area contributed by atoms with Gasteiger partial charge in [-0.25, -0.2) is 4.79 Å². The van der Waals surface area contributed by atoms with E-state index in [1.807, 2.05) is 0 Å². The summed E-state index contributed by atoms with van der Waals surface area (Å²) >= 11 is 11.7. The lowest BCUT2D eigenvalue weighted by Crippen LogP contribution is -2.49. The first-order valence-corrected chi connectivity index (χ1v) is 11.1. The molecule has 1 unspecified atom stereocenters. The zero-order valence-corrected chi connectivity index (χ0v) is 17.0. The fourth-order valence-corrected chi connectivity index (χ4v) is 4.83. The van der Waals surface area contributed by atoms with Crippen LogP contribution in [-0.4, -0.2) is 45.1 Å². The molecule has 0 aliphatic carbocycles. The molecule has 2 fully saturated rings. The van der Waals surface area contributed by atoms with Crippen LogP contribution in [0.5, 0.6) is 5.75 Å².